The van der Waals surface area contributed by atoms with E-state index in [0.717, 1.165) is 19.3 Å². The predicted octanol–water partition coefficient (Wildman–Crippen LogP) is 3.60. The third kappa shape index (κ3) is 5.77. The van der Waals surface area contributed by atoms with E-state index in [0.29, 0.717) is 31.9 Å². The van der Waals surface area contributed by atoms with E-state index in [4.69, 9.17) is 9.47 Å². The van der Waals surface area contributed by atoms with E-state index in [9.17, 15) is 17.6 Å². The van der Waals surface area contributed by atoms with Gasteiger partial charge in [0.05, 0.1) is 13.7 Å². The Morgan fingerprint density at radius 3 is 2.62 bits per heavy atom. The Labute approximate surface area is 188 Å². The van der Waals surface area contributed by atoms with E-state index in [2.05, 4.69) is 5.32 Å². The maximum atomic E-state index is 13.3. The highest BCUT2D eigenvalue weighted by Gasteiger charge is 2.33. The SMILES string of the molecule is COc1ccc(C(=O)NCCCOc2ccc(F)cc2)cc1S(=O)(=O)N1CCCCC1C. The molecule has 9 heteroatoms. The standard InChI is InChI=1S/C23H29FN2O5S/c1-17-6-3-4-14-26(17)32(28,29)22-16-18(7-12-21(22)30-2)23(27)25-13-5-15-31-20-10-8-19(24)9-11-20/h7-12,16-17H,3-6,13-15H2,1-2H3,(H,25,27). The van der Waals surface area contributed by atoms with E-state index in [-0.39, 0.29) is 34.0 Å². The lowest BCUT2D eigenvalue weighted by atomic mass is 10.1. The highest BCUT2D eigenvalue weighted by atomic mass is 32.2. The summed E-state index contributed by atoms with van der Waals surface area (Å²) in [4.78, 5) is 12.6. The largest absolute Gasteiger partial charge is 0.495 e. The molecule has 32 heavy (non-hydrogen) atoms. The molecule has 1 atom stereocenters. The number of nitrogens with zero attached hydrogens (tertiary/aromatic N) is 1. The van der Waals surface area contributed by atoms with Crippen LogP contribution in [0.25, 0.3) is 0 Å². The van der Waals surface area contributed by atoms with Crippen molar-refractivity contribution in [2.24, 2.45) is 0 Å². The van der Waals surface area contributed by atoms with Crippen molar-refractivity contribution >= 4 is 15.9 Å². The van der Waals surface area contributed by atoms with Crippen molar-refractivity contribution in [3.8, 4) is 11.5 Å². The first-order chi connectivity index (χ1) is 15.3. The number of carbonyl (C=O) groups is 1. The van der Waals surface area contributed by atoms with E-state index in [1.165, 1.54) is 47.8 Å². The van der Waals surface area contributed by atoms with Crippen molar-refractivity contribution in [3.63, 3.8) is 0 Å². The minimum Gasteiger partial charge on any atom is -0.495 e. The van der Waals surface area contributed by atoms with Crippen LogP contribution in [0.1, 0.15) is 43.0 Å². The average molecular weight is 465 g/mol. The molecule has 1 saturated heterocycles. The Morgan fingerprint density at radius 1 is 1.19 bits per heavy atom. The molecular formula is C23H29FN2O5S. The normalized spacial score (nSPS) is 17.0. The van der Waals surface area contributed by atoms with Crippen LogP contribution in [0.3, 0.4) is 0 Å². The molecule has 0 radical (unpaired) electrons. The molecular weight excluding hydrogens is 435 g/mol. The summed E-state index contributed by atoms with van der Waals surface area (Å²) >= 11 is 0. The van der Waals surface area contributed by atoms with Gasteiger partial charge in [0.2, 0.25) is 10.0 Å². The summed E-state index contributed by atoms with van der Waals surface area (Å²) < 4.78 is 51.7. The van der Waals surface area contributed by atoms with Gasteiger partial charge >= 0.3 is 0 Å². The molecule has 7 nitrogen and oxygen atoms in total. The van der Waals surface area contributed by atoms with Crippen LogP contribution in [0.5, 0.6) is 11.5 Å². The van der Waals surface area contributed by atoms with Gasteiger partial charge in [-0.25, -0.2) is 12.8 Å². The van der Waals surface area contributed by atoms with Crippen LogP contribution in [0.15, 0.2) is 47.4 Å². The van der Waals surface area contributed by atoms with Crippen molar-refractivity contribution in [1.82, 2.24) is 9.62 Å². The second kappa shape index (κ2) is 10.8. The molecule has 0 aliphatic carbocycles. The van der Waals surface area contributed by atoms with Crippen molar-refractivity contribution < 1.29 is 27.1 Å². The van der Waals surface area contributed by atoms with Crippen LogP contribution in [0.4, 0.5) is 4.39 Å². The summed E-state index contributed by atoms with van der Waals surface area (Å²) in [7, 11) is -2.38. The lowest BCUT2D eigenvalue weighted by molar-refractivity contribution is 0.0951. The van der Waals surface area contributed by atoms with Crippen LogP contribution in [-0.2, 0) is 10.0 Å². The van der Waals surface area contributed by atoms with E-state index in [1.54, 1.807) is 6.07 Å². The van der Waals surface area contributed by atoms with Gasteiger partial charge in [-0.15, -0.1) is 0 Å². The minimum atomic E-state index is -3.79. The Balaban J connectivity index is 1.62. The zero-order chi connectivity index (χ0) is 23.1. The Morgan fingerprint density at radius 2 is 1.94 bits per heavy atom. The molecule has 174 valence electrons. The van der Waals surface area contributed by atoms with E-state index >= 15 is 0 Å². The quantitative estimate of drug-likeness (QED) is 0.573. The van der Waals surface area contributed by atoms with Crippen molar-refractivity contribution in [3.05, 3.63) is 53.8 Å². The van der Waals surface area contributed by atoms with E-state index < -0.39 is 10.0 Å². The van der Waals surface area contributed by atoms with Crippen LogP contribution < -0.4 is 14.8 Å². The summed E-state index contributed by atoms with van der Waals surface area (Å²) in [5.41, 5.74) is 0.244. The second-order valence-electron chi connectivity index (χ2n) is 7.74. The molecule has 3 rings (SSSR count). The topological polar surface area (TPSA) is 84.9 Å². The van der Waals surface area contributed by atoms with Gasteiger partial charge in [0.1, 0.15) is 22.2 Å². The van der Waals surface area contributed by atoms with Gasteiger partial charge < -0.3 is 14.8 Å². The number of benzene rings is 2. The number of rotatable bonds is 9. The number of ether oxygens (including phenoxy) is 2. The zero-order valence-corrected chi connectivity index (χ0v) is 19.2. The number of amides is 1. The fraction of sp³-hybridized carbons (Fsp3) is 0.435. The zero-order valence-electron chi connectivity index (χ0n) is 18.3. The summed E-state index contributed by atoms with van der Waals surface area (Å²) in [5, 5.41) is 2.77. The lowest BCUT2D eigenvalue weighted by Crippen LogP contribution is -2.42. The Hall–Kier alpha value is -2.65. The maximum Gasteiger partial charge on any atom is 0.251 e. The van der Waals surface area contributed by atoms with Crippen molar-refractivity contribution in [1.29, 1.82) is 0 Å². The van der Waals surface area contributed by atoms with Crippen LogP contribution in [-0.4, -0.2) is 51.5 Å². The van der Waals surface area contributed by atoms with Gasteiger partial charge in [-0.3, -0.25) is 4.79 Å². The van der Waals surface area contributed by atoms with E-state index in [1.807, 2.05) is 6.92 Å². The molecule has 1 unspecified atom stereocenters. The highest BCUT2D eigenvalue weighted by Crippen LogP contribution is 2.31. The molecule has 0 spiro atoms. The number of methoxy groups -OCH3 is 1. The molecule has 1 aliphatic heterocycles. The summed E-state index contributed by atoms with van der Waals surface area (Å²) in [6.45, 7) is 3.04. The fourth-order valence-electron chi connectivity index (χ4n) is 3.67. The first-order valence-corrected chi connectivity index (χ1v) is 12.1. The van der Waals surface area contributed by atoms with Crippen LogP contribution >= 0.6 is 0 Å². The molecule has 1 heterocycles. The lowest BCUT2D eigenvalue weighted by Gasteiger charge is -2.32. The number of hydrogen-bond donors (Lipinski definition) is 1. The number of hydrogen-bond acceptors (Lipinski definition) is 5. The summed E-state index contributed by atoms with van der Waals surface area (Å²) in [6, 6.07) is 10.0. The van der Waals surface area contributed by atoms with Gasteiger partial charge in [-0.05, 0) is 68.7 Å². The molecule has 0 bridgehead atoms. The van der Waals surface area contributed by atoms with Gasteiger partial charge in [0.25, 0.3) is 5.91 Å². The van der Waals surface area contributed by atoms with Crippen LogP contribution in [0.2, 0.25) is 0 Å². The third-order valence-corrected chi connectivity index (χ3v) is 7.48. The maximum absolute atomic E-state index is 13.3. The van der Waals surface area contributed by atoms with Gasteiger partial charge in [-0.1, -0.05) is 6.42 Å². The smallest absolute Gasteiger partial charge is 0.251 e. The van der Waals surface area contributed by atoms with Gasteiger partial charge in [-0.2, -0.15) is 4.31 Å². The summed E-state index contributed by atoms with van der Waals surface area (Å²) in [5.74, 6) is 0.0551. The number of halogens is 1. The monoisotopic (exact) mass is 464 g/mol. The molecule has 0 aromatic heterocycles. The third-order valence-electron chi connectivity index (χ3n) is 5.44. The molecule has 1 N–H and O–H groups in total. The number of sulfonamides is 1. The molecule has 0 saturated carbocycles. The molecule has 2 aromatic rings. The van der Waals surface area contributed by atoms with Gasteiger partial charge in [0.15, 0.2) is 0 Å². The number of carbonyl (C=O) groups excluding carboxylic acids is 1. The van der Waals surface area contributed by atoms with Crippen molar-refractivity contribution in [2.45, 2.75) is 43.5 Å². The number of piperidine rings is 1. The van der Waals surface area contributed by atoms with Gasteiger partial charge in [0, 0.05) is 24.7 Å². The molecule has 1 amide bonds. The predicted molar refractivity (Wildman–Crippen MR) is 119 cm³/mol. The summed E-state index contributed by atoms with van der Waals surface area (Å²) in [6.07, 6.45) is 3.15. The number of nitrogens with one attached hydrogen (secondary N) is 1. The minimum absolute atomic E-state index is 0.000966. The molecule has 1 aliphatic rings. The average Bonchev–Trinajstić information content (AvgIpc) is 2.79. The second-order valence-corrected chi connectivity index (χ2v) is 9.60. The molecule has 2 aromatic carbocycles. The Kier molecular flexibility index (Phi) is 8.09. The van der Waals surface area contributed by atoms with Crippen molar-refractivity contribution in [2.75, 3.05) is 26.8 Å². The first kappa shape index (κ1) is 24.0. The Bertz CT molecular complexity index is 1030. The molecule has 1 fully saturated rings. The van der Waals surface area contributed by atoms with Crippen LogP contribution in [0, 0.1) is 5.82 Å². The highest BCUT2D eigenvalue weighted by molar-refractivity contribution is 7.89. The first-order valence-electron chi connectivity index (χ1n) is 10.7. The fourth-order valence-corrected chi connectivity index (χ4v) is 5.55.